The number of amides is 1. The van der Waals surface area contributed by atoms with Crippen molar-refractivity contribution in [3.8, 4) is 0 Å². The molecule has 5 heteroatoms. The number of carbonyl (C=O) groups is 1. The molecule has 0 aromatic rings. The second-order valence-electron chi connectivity index (χ2n) is 2.29. The molecule has 1 aliphatic heterocycles. The molecule has 2 N–H and O–H groups in total. The summed E-state index contributed by atoms with van der Waals surface area (Å²) in [7, 11) is -0.820. The zero-order valence-corrected chi connectivity index (χ0v) is 5.62. The zero-order chi connectivity index (χ0) is 7.40. The number of nitrogens with one attached hydrogen (secondary N) is 1. The number of hydrogen-bond acceptors (Lipinski definition) is 3. The van der Waals surface area contributed by atoms with Crippen LogP contribution in [0.3, 0.4) is 0 Å². The van der Waals surface area contributed by atoms with Gasteiger partial charge in [-0.3, -0.25) is 4.79 Å². The molecule has 0 bridgehead atoms. The molecule has 1 unspecified atom stereocenters. The standard InChI is InChI=1S/C5H10BNO3/c8-4-7-5-2-1-3-10-6(5)9/h4-5,9H,1-3H2,(H,7,8). The van der Waals surface area contributed by atoms with Crippen LogP contribution in [0.1, 0.15) is 12.8 Å². The molecular formula is C5H10BNO3. The highest BCUT2D eigenvalue weighted by Crippen LogP contribution is 2.07. The van der Waals surface area contributed by atoms with Gasteiger partial charge in [-0.1, -0.05) is 0 Å². The lowest BCUT2D eigenvalue weighted by atomic mass is 9.74. The van der Waals surface area contributed by atoms with Crippen molar-refractivity contribution in [1.29, 1.82) is 0 Å². The Morgan fingerprint density at radius 2 is 2.60 bits per heavy atom. The van der Waals surface area contributed by atoms with Crippen LogP contribution in [0.4, 0.5) is 0 Å². The van der Waals surface area contributed by atoms with Crippen LogP contribution in [0, 0.1) is 0 Å². The fourth-order valence-electron chi connectivity index (χ4n) is 1.02. The van der Waals surface area contributed by atoms with Crippen LogP contribution in [0.25, 0.3) is 0 Å². The summed E-state index contributed by atoms with van der Waals surface area (Å²) in [5.74, 6) is -0.216. The first-order valence-corrected chi connectivity index (χ1v) is 3.34. The monoisotopic (exact) mass is 143 g/mol. The third kappa shape index (κ3) is 1.72. The van der Waals surface area contributed by atoms with Gasteiger partial charge in [0.2, 0.25) is 6.41 Å². The Hall–Kier alpha value is -0.545. The van der Waals surface area contributed by atoms with E-state index in [1.165, 1.54) is 0 Å². The molecule has 0 aromatic heterocycles. The minimum absolute atomic E-state index is 0.216. The molecule has 0 aliphatic carbocycles. The smallest absolute Gasteiger partial charge is 0.426 e. The third-order valence-corrected chi connectivity index (χ3v) is 1.57. The maximum atomic E-state index is 9.94. The number of rotatable bonds is 2. The van der Waals surface area contributed by atoms with Crippen LogP contribution in [-0.2, 0) is 9.45 Å². The van der Waals surface area contributed by atoms with Gasteiger partial charge in [0.15, 0.2) is 0 Å². The van der Waals surface area contributed by atoms with E-state index in [1.54, 1.807) is 0 Å². The zero-order valence-electron chi connectivity index (χ0n) is 5.62. The molecule has 4 nitrogen and oxygen atoms in total. The molecule has 1 rings (SSSR count). The highest BCUT2D eigenvalue weighted by molar-refractivity contribution is 6.45. The molecule has 1 saturated heterocycles. The summed E-state index contributed by atoms with van der Waals surface area (Å²) in [6.07, 6.45) is 2.27. The molecule has 1 amide bonds. The topological polar surface area (TPSA) is 58.6 Å². The number of carbonyl (C=O) groups excluding carboxylic acids is 1. The first-order chi connectivity index (χ1) is 4.84. The van der Waals surface area contributed by atoms with Gasteiger partial charge in [-0.15, -0.1) is 0 Å². The van der Waals surface area contributed by atoms with Crippen molar-refractivity contribution in [3.63, 3.8) is 0 Å². The minimum Gasteiger partial charge on any atom is -0.426 e. The second-order valence-corrected chi connectivity index (χ2v) is 2.29. The lowest BCUT2D eigenvalue weighted by molar-refractivity contribution is -0.110. The van der Waals surface area contributed by atoms with E-state index in [9.17, 15) is 4.79 Å². The molecule has 10 heavy (non-hydrogen) atoms. The van der Waals surface area contributed by atoms with Crippen molar-refractivity contribution in [2.24, 2.45) is 0 Å². The van der Waals surface area contributed by atoms with Crippen LogP contribution in [-0.4, -0.2) is 31.1 Å². The fraction of sp³-hybridized carbons (Fsp3) is 0.800. The van der Waals surface area contributed by atoms with E-state index in [-0.39, 0.29) is 5.94 Å². The van der Waals surface area contributed by atoms with E-state index in [2.05, 4.69) is 5.32 Å². The van der Waals surface area contributed by atoms with Crippen LogP contribution in [0.2, 0.25) is 0 Å². The van der Waals surface area contributed by atoms with E-state index < -0.39 is 7.12 Å². The van der Waals surface area contributed by atoms with Gasteiger partial charge in [-0.25, -0.2) is 0 Å². The van der Waals surface area contributed by atoms with Gasteiger partial charge in [0.05, 0.1) is 5.94 Å². The van der Waals surface area contributed by atoms with E-state index in [1.807, 2.05) is 0 Å². The molecule has 56 valence electrons. The van der Waals surface area contributed by atoms with Gasteiger partial charge >= 0.3 is 7.12 Å². The van der Waals surface area contributed by atoms with Crippen molar-refractivity contribution in [3.05, 3.63) is 0 Å². The second kappa shape index (κ2) is 3.58. The number of hydrogen-bond donors (Lipinski definition) is 2. The summed E-state index contributed by atoms with van der Waals surface area (Å²) in [6, 6.07) is 0. The van der Waals surface area contributed by atoms with Crippen LogP contribution in [0.5, 0.6) is 0 Å². The van der Waals surface area contributed by atoms with Crippen LogP contribution >= 0.6 is 0 Å². The van der Waals surface area contributed by atoms with E-state index >= 15 is 0 Å². The van der Waals surface area contributed by atoms with Gasteiger partial charge < -0.3 is 15.0 Å². The Balaban J connectivity index is 2.32. The normalized spacial score (nSPS) is 26.1. The summed E-state index contributed by atoms with van der Waals surface area (Å²) in [5, 5.41) is 11.5. The summed E-state index contributed by atoms with van der Waals surface area (Å²) in [6.45, 7) is 0.582. The van der Waals surface area contributed by atoms with Crippen molar-refractivity contribution >= 4 is 13.5 Å². The summed E-state index contributed by atoms with van der Waals surface area (Å²) in [5.41, 5.74) is 0. The Kier molecular flexibility index (Phi) is 2.71. The molecule has 1 fully saturated rings. The van der Waals surface area contributed by atoms with Gasteiger partial charge in [0.25, 0.3) is 0 Å². The lowest BCUT2D eigenvalue weighted by Crippen LogP contribution is -2.47. The predicted molar refractivity (Wildman–Crippen MR) is 36.1 cm³/mol. The Labute approximate surface area is 59.7 Å². The summed E-state index contributed by atoms with van der Waals surface area (Å²) >= 11 is 0. The van der Waals surface area contributed by atoms with Crippen LogP contribution < -0.4 is 5.32 Å². The van der Waals surface area contributed by atoms with Gasteiger partial charge in [0.1, 0.15) is 0 Å². The molecule has 0 saturated carbocycles. The maximum Gasteiger partial charge on any atom is 0.478 e. The summed E-state index contributed by atoms with van der Waals surface area (Å²) < 4.78 is 4.88. The first kappa shape index (κ1) is 7.56. The average molecular weight is 143 g/mol. The molecule has 0 spiro atoms. The average Bonchev–Trinajstić information content (AvgIpc) is 1.94. The minimum atomic E-state index is -0.820. The molecule has 1 atom stereocenters. The third-order valence-electron chi connectivity index (χ3n) is 1.57. The van der Waals surface area contributed by atoms with E-state index in [4.69, 9.17) is 9.68 Å². The lowest BCUT2D eigenvalue weighted by Gasteiger charge is -2.23. The largest absolute Gasteiger partial charge is 0.478 e. The highest BCUT2D eigenvalue weighted by atomic mass is 16.5. The quantitative estimate of drug-likeness (QED) is 0.382. The van der Waals surface area contributed by atoms with Crippen molar-refractivity contribution in [1.82, 2.24) is 5.32 Å². The SMILES string of the molecule is O=CNC1CCCOB1O. The van der Waals surface area contributed by atoms with Gasteiger partial charge in [-0.2, -0.15) is 0 Å². The van der Waals surface area contributed by atoms with Crippen molar-refractivity contribution in [2.45, 2.75) is 18.8 Å². The van der Waals surface area contributed by atoms with Crippen molar-refractivity contribution < 1.29 is 14.5 Å². The molecule has 0 radical (unpaired) electrons. The maximum absolute atomic E-state index is 9.94. The Morgan fingerprint density at radius 3 is 3.20 bits per heavy atom. The van der Waals surface area contributed by atoms with Gasteiger partial charge in [0, 0.05) is 6.61 Å². The van der Waals surface area contributed by atoms with E-state index in [0.717, 1.165) is 12.8 Å². The molecule has 1 heterocycles. The molecule has 0 aromatic carbocycles. The van der Waals surface area contributed by atoms with Crippen molar-refractivity contribution in [2.75, 3.05) is 6.61 Å². The van der Waals surface area contributed by atoms with Gasteiger partial charge in [-0.05, 0) is 12.8 Å². The van der Waals surface area contributed by atoms with E-state index in [0.29, 0.717) is 13.0 Å². The first-order valence-electron chi connectivity index (χ1n) is 3.34. The molecular weight excluding hydrogens is 133 g/mol. The highest BCUT2D eigenvalue weighted by Gasteiger charge is 2.29. The predicted octanol–water partition coefficient (Wildman–Crippen LogP) is -1.07. The summed E-state index contributed by atoms with van der Waals surface area (Å²) in [4.78, 5) is 9.94. The Bertz CT molecular complexity index is 121. The van der Waals surface area contributed by atoms with Crippen LogP contribution in [0.15, 0.2) is 0 Å². The molecule has 1 aliphatic rings. The fourth-order valence-corrected chi connectivity index (χ4v) is 1.02. The Morgan fingerprint density at radius 1 is 1.80 bits per heavy atom.